The Morgan fingerprint density at radius 3 is 2.38 bits per heavy atom. The number of alkyl halides is 3. The number of phenols is 1. The Balaban J connectivity index is 3.28. The van der Waals surface area contributed by atoms with Crippen molar-refractivity contribution in [3.05, 3.63) is 22.7 Å². The summed E-state index contributed by atoms with van der Waals surface area (Å²) in [6, 6.07) is 1.97. The zero-order valence-electron chi connectivity index (χ0n) is 8.05. The minimum atomic E-state index is -4.88. The third kappa shape index (κ3) is 2.51. The maximum absolute atomic E-state index is 12.2. The second-order valence-corrected chi connectivity index (χ2v) is 3.43. The van der Waals surface area contributed by atoms with Crippen molar-refractivity contribution in [2.75, 3.05) is 7.11 Å². The van der Waals surface area contributed by atoms with Gasteiger partial charge in [-0.3, -0.25) is 0 Å². The van der Waals surface area contributed by atoms with Crippen LogP contribution < -0.4 is 4.74 Å². The third-order valence-electron chi connectivity index (χ3n) is 1.89. The fourth-order valence-corrected chi connectivity index (χ4v) is 1.35. The first-order valence-electron chi connectivity index (χ1n) is 4.08. The van der Waals surface area contributed by atoms with Crippen molar-refractivity contribution in [1.29, 1.82) is 0 Å². The zero-order chi connectivity index (χ0) is 12.5. The van der Waals surface area contributed by atoms with Gasteiger partial charge in [0.1, 0.15) is 0 Å². The standard InChI is InChI=1S/C9H8ClF3O3/c1-16-6-3-4(10)2-5(7(6)14)8(15)9(11,12)13/h2-3,8,14-15H,1H3. The number of aliphatic hydroxyl groups excluding tert-OH is 1. The monoisotopic (exact) mass is 256 g/mol. The highest BCUT2D eigenvalue weighted by atomic mass is 35.5. The first-order valence-corrected chi connectivity index (χ1v) is 4.46. The molecular weight excluding hydrogens is 249 g/mol. The summed E-state index contributed by atoms with van der Waals surface area (Å²) < 4.78 is 41.3. The molecule has 0 amide bonds. The highest BCUT2D eigenvalue weighted by Gasteiger charge is 2.41. The van der Waals surface area contributed by atoms with Crippen molar-refractivity contribution in [1.82, 2.24) is 0 Å². The average molecular weight is 257 g/mol. The molecular formula is C9H8ClF3O3. The number of aliphatic hydroxyl groups is 1. The van der Waals surface area contributed by atoms with E-state index in [1.807, 2.05) is 0 Å². The van der Waals surface area contributed by atoms with Gasteiger partial charge >= 0.3 is 6.18 Å². The van der Waals surface area contributed by atoms with E-state index in [1.165, 1.54) is 0 Å². The molecule has 0 radical (unpaired) electrons. The van der Waals surface area contributed by atoms with Gasteiger partial charge in [0.25, 0.3) is 0 Å². The van der Waals surface area contributed by atoms with Crippen molar-refractivity contribution in [3.8, 4) is 11.5 Å². The predicted octanol–water partition coefficient (Wildman–Crippen LogP) is 2.65. The van der Waals surface area contributed by atoms with Gasteiger partial charge in [0.2, 0.25) is 0 Å². The van der Waals surface area contributed by atoms with E-state index in [4.69, 9.17) is 16.7 Å². The van der Waals surface area contributed by atoms with E-state index in [1.54, 1.807) is 0 Å². The Morgan fingerprint density at radius 1 is 1.38 bits per heavy atom. The summed E-state index contributed by atoms with van der Waals surface area (Å²) in [5.74, 6) is -1.01. The number of halogens is 4. The number of rotatable bonds is 2. The Labute approximate surface area is 94.0 Å². The molecule has 16 heavy (non-hydrogen) atoms. The SMILES string of the molecule is COc1cc(Cl)cc(C(O)C(F)(F)F)c1O. The molecule has 1 aromatic rings. The Kier molecular flexibility index (Phi) is 3.54. The maximum atomic E-state index is 12.2. The van der Waals surface area contributed by atoms with Crippen molar-refractivity contribution in [2.45, 2.75) is 12.3 Å². The topological polar surface area (TPSA) is 49.7 Å². The number of ether oxygens (including phenoxy) is 1. The van der Waals surface area contributed by atoms with Gasteiger partial charge < -0.3 is 14.9 Å². The summed E-state index contributed by atoms with van der Waals surface area (Å²) in [7, 11) is 1.16. The number of hydrogen-bond acceptors (Lipinski definition) is 3. The van der Waals surface area contributed by atoms with E-state index in [9.17, 15) is 18.3 Å². The van der Waals surface area contributed by atoms with Crippen LogP contribution in [0.15, 0.2) is 12.1 Å². The smallest absolute Gasteiger partial charge is 0.418 e. The van der Waals surface area contributed by atoms with E-state index in [2.05, 4.69) is 4.74 Å². The molecule has 1 aromatic carbocycles. The summed E-state index contributed by atoms with van der Waals surface area (Å²) in [5.41, 5.74) is -0.739. The number of aromatic hydroxyl groups is 1. The van der Waals surface area contributed by atoms with E-state index < -0.39 is 23.6 Å². The summed E-state index contributed by atoms with van der Waals surface area (Å²) in [6.45, 7) is 0. The quantitative estimate of drug-likeness (QED) is 0.855. The molecule has 0 aliphatic heterocycles. The molecule has 0 saturated heterocycles. The normalized spacial score (nSPS) is 13.6. The number of benzene rings is 1. The molecule has 1 atom stereocenters. The minimum Gasteiger partial charge on any atom is -0.504 e. The molecule has 0 aromatic heterocycles. The van der Waals surface area contributed by atoms with Crippen LogP contribution in [0.5, 0.6) is 11.5 Å². The Bertz CT molecular complexity index is 392. The van der Waals surface area contributed by atoms with Crippen LogP contribution in [0, 0.1) is 0 Å². The van der Waals surface area contributed by atoms with Gasteiger partial charge in [0.15, 0.2) is 17.6 Å². The first kappa shape index (κ1) is 12.9. The number of phenolic OH excluding ortho intramolecular Hbond substituents is 1. The second kappa shape index (κ2) is 4.39. The van der Waals surface area contributed by atoms with E-state index in [0.717, 1.165) is 19.2 Å². The highest BCUT2D eigenvalue weighted by Crippen LogP contribution is 2.42. The molecule has 0 aliphatic carbocycles. The average Bonchev–Trinajstić information content (AvgIpc) is 2.18. The molecule has 7 heteroatoms. The van der Waals surface area contributed by atoms with Crippen LogP contribution in [0.4, 0.5) is 13.2 Å². The van der Waals surface area contributed by atoms with Crippen molar-refractivity contribution < 1.29 is 28.1 Å². The van der Waals surface area contributed by atoms with E-state index in [0.29, 0.717) is 0 Å². The molecule has 0 bridgehead atoms. The fraction of sp³-hybridized carbons (Fsp3) is 0.333. The van der Waals surface area contributed by atoms with Gasteiger partial charge in [-0.2, -0.15) is 13.2 Å². The summed E-state index contributed by atoms with van der Waals surface area (Å²) in [5, 5.41) is 18.3. The number of hydrogen-bond donors (Lipinski definition) is 2. The first-order chi connectivity index (χ1) is 7.27. The van der Waals surface area contributed by atoms with Crippen LogP contribution in [0.1, 0.15) is 11.7 Å². The van der Waals surface area contributed by atoms with Crippen LogP contribution in [-0.2, 0) is 0 Å². The van der Waals surface area contributed by atoms with Crippen molar-refractivity contribution in [2.24, 2.45) is 0 Å². The van der Waals surface area contributed by atoms with Crippen molar-refractivity contribution >= 4 is 11.6 Å². The Morgan fingerprint density at radius 2 is 1.94 bits per heavy atom. The van der Waals surface area contributed by atoms with Gasteiger partial charge in [-0.1, -0.05) is 11.6 Å². The number of methoxy groups -OCH3 is 1. The lowest BCUT2D eigenvalue weighted by molar-refractivity contribution is -0.207. The van der Waals surface area contributed by atoms with Gasteiger partial charge in [-0.05, 0) is 6.07 Å². The predicted molar refractivity (Wildman–Crippen MR) is 50.7 cm³/mol. The molecule has 0 fully saturated rings. The molecule has 1 unspecified atom stereocenters. The zero-order valence-corrected chi connectivity index (χ0v) is 8.80. The Hall–Kier alpha value is -1.14. The van der Waals surface area contributed by atoms with Crippen LogP contribution in [0.25, 0.3) is 0 Å². The highest BCUT2D eigenvalue weighted by molar-refractivity contribution is 6.30. The summed E-state index contributed by atoms with van der Waals surface area (Å²) >= 11 is 5.53. The van der Waals surface area contributed by atoms with Gasteiger partial charge in [0.05, 0.1) is 7.11 Å². The van der Waals surface area contributed by atoms with Gasteiger partial charge in [-0.15, -0.1) is 0 Å². The van der Waals surface area contributed by atoms with Crippen LogP contribution in [-0.4, -0.2) is 23.5 Å². The molecule has 2 N–H and O–H groups in total. The molecule has 3 nitrogen and oxygen atoms in total. The van der Waals surface area contributed by atoms with E-state index in [-0.39, 0.29) is 10.8 Å². The summed E-state index contributed by atoms with van der Waals surface area (Å²) in [6.07, 6.45) is -7.69. The lowest BCUT2D eigenvalue weighted by Gasteiger charge is -2.17. The van der Waals surface area contributed by atoms with Gasteiger partial charge in [-0.25, -0.2) is 0 Å². The molecule has 90 valence electrons. The fourth-order valence-electron chi connectivity index (χ4n) is 1.13. The minimum absolute atomic E-state index is 0.0760. The van der Waals surface area contributed by atoms with Crippen LogP contribution in [0.3, 0.4) is 0 Å². The lowest BCUT2D eigenvalue weighted by Crippen LogP contribution is -2.20. The molecule has 0 spiro atoms. The van der Waals surface area contributed by atoms with Gasteiger partial charge in [0, 0.05) is 16.7 Å². The summed E-state index contributed by atoms with van der Waals surface area (Å²) in [4.78, 5) is 0. The second-order valence-electron chi connectivity index (χ2n) is 2.99. The molecule has 0 aliphatic rings. The third-order valence-corrected chi connectivity index (χ3v) is 2.11. The van der Waals surface area contributed by atoms with Crippen molar-refractivity contribution in [3.63, 3.8) is 0 Å². The largest absolute Gasteiger partial charge is 0.504 e. The maximum Gasteiger partial charge on any atom is 0.418 e. The van der Waals surface area contributed by atoms with Crippen LogP contribution in [0.2, 0.25) is 5.02 Å². The molecule has 0 saturated carbocycles. The van der Waals surface area contributed by atoms with Crippen LogP contribution >= 0.6 is 11.6 Å². The van der Waals surface area contributed by atoms with E-state index >= 15 is 0 Å². The molecule has 0 heterocycles. The lowest BCUT2D eigenvalue weighted by atomic mass is 10.1. The molecule has 1 rings (SSSR count).